The summed E-state index contributed by atoms with van der Waals surface area (Å²) >= 11 is 0. The number of phenolic OH excluding ortho intramolecular Hbond substituents is 1. The lowest BCUT2D eigenvalue weighted by molar-refractivity contribution is -0.125. The van der Waals surface area contributed by atoms with Crippen molar-refractivity contribution in [3.8, 4) is 5.75 Å². The minimum atomic E-state index is -0.689. The number of rotatable bonds is 4. The van der Waals surface area contributed by atoms with Crippen LogP contribution in [-0.2, 0) is 9.53 Å². The van der Waals surface area contributed by atoms with Crippen molar-refractivity contribution in [3.05, 3.63) is 29.3 Å². The summed E-state index contributed by atoms with van der Waals surface area (Å²) in [5, 5.41) is 12.8. The molecule has 2 N–H and O–H groups in total. The molecule has 3 atom stereocenters. The Labute approximate surface area is 137 Å². The summed E-state index contributed by atoms with van der Waals surface area (Å²) in [5.41, 5.74) is 0.673. The van der Waals surface area contributed by atoms with Crippen LogP contribution in [0.3, 0.4) is 0 Å². The minimum absolute atomic E-state index is 0.0810. The molecule has 0 saturated heterocycles. The van der Waals surface area contributed by atoms with Crippen LogP contribution >= 0.6 is 0 Å². The van der Waals surface area contributed by atoms with Gasteiger partial charge < -0.3 is 15.2 Å². The van der Waals surface area contributed by atoms with Crippen LogP contribution in [-0.4, -0.2) is 29.6 Å². The fraction of sp³-hybridized carbons (Fsp3) is 0.556. The van der Waals surface area contributed by atoms with E-state index in [1.807, 2.05) is 0 Å². The molecule has 0 bridgehead atoms. The Morgan fingerprint density at radius 2 is 2.04 bits per heavy atom. The van der Waals surface area contributed by atoms with E-state index in [0.717, 1.165) is 12.8 Å². The fourth-order valence-electron chi connectivity index (χ4n) is 3.07. The van der Waals surface area contributed by atoms with E-state index in [-0.39, 0.29) is 29.9 Å². The molecule has 5 heteroatoms. The van der Waals surface area contributed by atoms with Gasteiger partial charge in [0.1, 0.15) is 11.3 Å². The van der Waals surface area contributed by atoms with Gasteiger partial charge in [0.25, 0.3) is 5.91 Å². The van der Waals surface area contributed by atoms with Crippen LogP contribution in [0.25, 0.3) is 0 Å². The number of aryl methyl sites for hydroxylation is 1. The highest BCUT2D eigenvalue weighted by Gasteiger charge is 2.28. The molecule has 0 heterocycles. The van der Waals surface area contributed by atoms with Gasteiger partial charge in [-0.2, -0.15) is 0 Å². The van der Waals surface area contributed by atoms with Gasteiger partial charge in [0.05, 0.1) is 0 Å². The van der Waals surface area contributed by atoms with E-state index in [4.69, 9.17) is 4.74 Å². The molecule has 1 aromatic rings. The molecule has 0 aromatic heterocycles. The number of esters is 1. The largest absolute Gasteiger partial charge is 0.507 e. The summed E-state index contributed by atoms with van der Waals surface area (Å²) in [6, 6.07) is 4.98. The van der Waals surface area contributed by atoms with E-state index in [1.165, 1.54) is 12.5 Å². The Morgan fingerprint density at radius 1 is 1.30 bits per heavy atom. The van der Waals surface area contributed by atoms with Crippen molar-refractivity contribution in [1.82, 2.24) is 5.32 Å². The first kappa shape index (κ1) is 17.3. The molecule has 0 aliphatic heterocycles. The third-order valence-corrected chi connectivity index (χ3v) is 4.85. The number of amides is 1. The van der Waals surface area contributed by atoms with E-state index in [0.29, 0.717) is 17.4 Å². The number of hydrogen-bond donors (Lipinski definition) is 2. The number of benzene rings is 1. The third-order valence-electron chi connectivity index (χ3n) is 4.85. The van der Waals surface area contributed by atoms with Crippen molar-refractivity contribution in [1.29, 1.82) is 0 Å². The van der Waals surface area contributed by atoms with Gasteiger partial charge in [-0.25, -0.2) is 4.79 Å². The highest BCUT2D eigenvalue weighted by atomic mass is 16.5. The third kappa shape index (κ3) is 4.24. The summed E-state index contributed by atoms with van der Waals surface area (Å²) in [6.07, 6.45) is 3.26. The Bertz CT molecular complexity index is 584. The van der Waals surface area contributed by atoms with Gasteiger partial charge in [-0.1, -0.05) is 38.8 Å². The van der Waals surface area contributed by atoms with Crippen molar-refractivity contribution in [3.63, 3.8) is 0 Å². The second-order valence-electron chi connectivity index (χ2n) is 6.49. The van der Waals surface area contributed by atoms with Crippen LogP contribution in [0.5, 0.6) is 5.75 Å². The Morgan fingerprint density at radius 3 is 2.78 bits per heavy atom. The van der Waals surface area contributed by atoms with Crippen LogP contribution in [0.1, 0.15) is 49.0 Å². The van der Waals surface area contributed by atoms with Gasteiger partial charge in [0.2, 0.25) is 0 Å². The highest BCUT2D eigenvalue weighted by molar-refractivity contribution is 5.94. The lowest BCUT2D eigenvalue weighted by Crippen LogP contribution is -2.45. The van der Waals surface area contributed by atoms with Gasteiger partial charge in [-0.05, 0) is 36.8 Å². The van der Waals surface area contributed by atoms with Crippen molar-refractivity contribution in [2.45, 2.75) is 46.1 Å². The summed E-state index contributed by atoms with van der Waals surface area (Å²) in [5.74, 6) is -0.0828. The van der Waals surface area contributed by atoms with Gasteiger partial charge in [-0.15, -0.1) is 0 Å². The van der Waals surface area contributed by atoms with Crippen LogP contribution in [0, 0.1) is 18.8 Å². The molecular weight excluding hydrogens is 294 g/mol. The molecule has 1 saturated carbocycles. The number of aromatic hydroxyl groups is 1. The number of para-hydroxylation sites is 1. The Hall–Kier alpha value is -2.04. The van der Waals surface area contributed by atoms with Crippen molar-refractivity contribution < 1.29 is 19.4 Å². The lowest BCUT2D eigenvalue weighted by atomic mass is 9.78. The van der Waals surface area contributed by atoms with E-state index < -0.39 is 5.97 Å². The van der Waals surface area contributed by atoms with Gasteiger partial charge in [0, 0.05) is 6.04 Å². The minimum Gasteiger partial charge on any atom is -0.507 e. The SMILES string of the molecule is Cc1cccc(C(=O)OCC(=O)N[C@@H]2CCC[C@@H](C)[C@H]2C)c1O. The molecule has 1 aliphatic carbocycles. The zero-order valence-electron chi connectivity index (χ0n) is 14.0. The molecular formula is C18H25NO4. The maximum atomic E-state index is 12.0. The molecule has 1 aromatic carbocycles. The zero-order chi connectivity index (χ0) is 17.0. The molecule has 1 aliphatic rings. The van der Waals surface area contributed by atoms with E-state index in [9.17, 15) is 14.7 Å². The summed E-state index contributed by atoms with van der Waals surface area (Å²) in [6.45, 7) is 5.71. The van der Waals surface area contributed by atoms with Gasteiger partial charge in [0.15, 0.2) is 6.61 Å². The average molecular weight is 319 g/mol. The molecule has 0 spiro atoms. The molecule has 0 radical (unpaired) electrons. The highest BCUT2D eigenvalue weighted by Crippen LogP contribution is 2.29. The maximum Gasteiger partial charge on any atom is 0.342 e. The monoisotopic (exact) mass is 319 g/mol. The fourth-order valence-corrected chi connectivity index (χ4v) is 3.07. The number of hydrogen-bond acceptors (Lipinski definition) is 4. The molecule has 23 heavy (non-hydrogen) atoms. The lowest BCUT2D eigenvalue weighted by Gasteiger charge is -2.34. The molecule has 126 valence electrons. The van der Waals surface area contributed by atoms with Gasteiger partial charge in [-0.3, -0.25) is 4.79 Å². The first-order valence-corrected chi connectivity index (χ1v) is 8.15. The molecule has 1 fully saturated rings. The first-order chi connectivity index (χ1) is 10.9. The molecule has 2 rings (SSSR count). The summed E-state index contributed by atoms with van der Waals surface area (Å²) in [4.78, 5) is 24.0. The normalized spacial score (nSPS) is 24.0. The second-order valence-corrected chi connectivity index (χ2v) is 6.49. The van der Waals surface area contributed by atoms with Crippen molar-refractivity contribution in [2.75, 3.05) is 6.61 Å². The van der Waals surface area contributed by atoms with Gasteiger partial charge >= 0.3 is 5.97 Å². The number of nitrogens with one attached hydrogen (secondary N) is 1. The average Bonchev–Trinajstić information content (AvgIpc) is 2.52. The maximum absolute atomic E-state index is 12.0. The summed E-state index contributed by atoms with van der Waals surface area (Å²) < 4.78 is 5.02. The Kier molecular flexibility index (Phi) is 5.64. The topological polar surface area (TPSA) is 75.6 Å². The van der Waals surface area contributed by atoms with E-state index >= 15 is 0 Å². The van der Waals surface area contributed by atoms with E-state index in [2.05, 4.69) is 19.2 Å². The smallest absolute Gasteiger partial charge is 0.342 e. The quantitative estimate of drug-likeness (QED) is 0.837. The van der Waals surface area contributed by atoms with Crippen LogP contribution < -0.4 is 5.32 Å². The second kappa shape index (κ2) is 7.49. The van der Waals surface area contributed by atoms with Crippen LogP contribution in [0.4, 0.5) is 0 Å². The number of carbonyl (C=O) groups excluding carboxylic acids is 2. The molecule has 0 unspecified atom stereocenters. The first-order valence-electron chi connectivity index (χ1n) is 8.15. The van der Waals surface area contributed by atoms with Crippen LogP contribution in [0.2, 0.25) is 0 Å². The van der Waals surface area contributed by atoms with Crippen molar-refractivity contribution >= 4 is 11.9 Å². The predicted octanol–water partition coefficient (Wildman–Crippen LogP) is 2.80. The standard InChI is InChI=1S/C18H25NO4/c1-11-6-5-9-15(13(11)3)19-16(20)10-23-18(22)14-8-4-7-12(2)17(14)21/h4,7-8,11,13,15,21H,5-6,9-10H2,1-3H3,(H,19,20)/t11-,13-,15-/m1/s1. The summed E-state index contributed by atoms with van der Waals surface area (Å²) in [7, 11) is 0. The number of ether oxygens (including phenoxy) is 1. The molecule has 1 amide bonds. The van der Waals surface area contributed by atoms with Crippen molar-refractivity contribution in [2.24, 2.45) is 11.8 Å². The molecule has 5 nitrogen and oxygen atoms in total. The number of carbonyl (C=O) groups is 2. The van der Waals surface area contributed by atoms with Crippen LogP contribution in [0.15, 0.2) is 18.2 Å². The zero-order valence-corrected chi connectivity index (χ0v) is 14.0. The number of phenols is 1. The van der Waals surface area contributed by atoms with E-state index in [1.54, 1.807) is 19.1 Å². The predicted molar refractivity (Wildman–Crippen MR) is 87.2 cm³/mol. The Balaban J connectivity index is 1.86.